The highest BCUT2D eigenvalue weighted by atomic mass is 15.2. The summed E-state index contributed by atoms with van der Waals surface area (Å²) in [5, 5.41) is 0. The molecule has 2 nitrogen and oxygen atoms in total. The van der Waals surface area contributed by atoms with E-state index in [9.17, 15) is 0 Å². The lowest BCUT2D eigenvalue weighted by atomic mass is 9.89. The molecule has 2 heteroatoms. The molecule has 0 saturated carbocycles. The molecule has 0 amide bonds. The average Bonchev–Trinajstić information content (AvgIpc) is 2.48. The van der Waals surface area contributed by atoms with Gasteiger partial charge < -0.3 is 0 Å². The zero-order valence-corrected chi connectivity index (χ0v) is 10.3. The monoisotopic (exact) mass is 210 g/mol. The van der Waals surface area contributed by atoms with Gasteiger partial charge in [-0.2, -0.15) is 0 Å². The molecule has 1 rings (SSSR count). The minimum absolute atomic E-state index is 0.406. The minimum atomic E-state index is 0.406. The third kappa shape index (κ3) is 3.96. The number of hydrogen-bond donors (Lipinski definition) is 2. The van der Waals surface area contributed by atoms with E-state index in [4.69, 9.17) is 5.84 Å². The van der Waals surface area contributed by atoms with Crippen LogP contribution in [0.4, 0.5) is 0 Å². The van der Waals surface area contributed by atoms with E-state index < -0.39 is 0 Å². The van der Waals surface area contributed by atoms with Crippen LogP contribution in [0.2, 0.25) is 0 Å². The maximum atomic E-state index is 5.69. The van der Waals surface area contributed by atoms with Crippen molar-refractivity contribution in [2.75, 3.05) is 0 Å². The smallest absolute Gasteiger partial charge is 0.0445 e. The van der Waals surface area contributed by atoms with E-state index in [0.717, 1.165) is 0 Å². The molecule has 0 spiro atoms. The molecule has 1 aliphatic rings. The van der Waals surface area contributed by atoms with E-state index in [1.807, 2.05) is 0 Å². The Morgan fingerprint density at radius 1 is 1.40 bits per heavy atom. The molecule has 0 aromatic rings. The Balaban J connectivity index is 2.58. The van der Waals surface area contributed by atoms with Crippen LogP contribution in [0.1, 0.15) is 58.8 Å². The van der Waals surface area contributed by atoms with Crippen molar-refractivity contribution in [3.05, 3.63) is 11.6 Å². The number of hydrazine groups is 1. The second-order valence-corrected chi connectivity index (χ2v) is 4.79. The maximum absolute atomic E-state index is 5.69. The first-order chi connectivity index (χ1) is 7.29. The Hall–Kier alpha value is -0.340. The average molecular weight is 210 g/mol. The van der Waals surface area contributed by atoms with Crippen LogP contribution in [0.3, 0.4) is 0 Å². The second kappa shape index (κ2) is 7.02. The van der Waals surface area contributed by atoms with Crippen molar-refractivity contribution in [1.29, 1.82) is 0 Å². The molecule has 15 heavy (non-hydrogen) atoms. The molecule has 0 bridgehead atoms. The van der Waals surface area contributed by atoms with Crippen molar-refractivity contribution in [2.24, 2.45) is 11.8 Å². The topological polar surface area (TPSA) is 38.0 Å². The molecular weight excluding hydrogens is 184 g/mol. The number of rotatable bonds is 5. The number of allylic oxidation sites excluding steroid dienone is 1. The van der Waals surface area contributed by atoms with Crippen LogP contribution in [0.25, 0.3) is 0 Å². The zero-order chi connectivity index (χ0) is 11.1. The van der Waals surface area contributed by atoms with E-state index in [1.54, 1.807) is 5.57 Å². The fourth-order valence-electron chi connectivity index (χ4n) is 2.58. The van der Waals surface area contributed by atoms with Crippen molar-refractivity contribution < 1.29 is 0 Å². The van der Waals surface area contributed by atoms with Crippen LogP contribution < -0.4 is 11.3 Å². The van der Waals surface area contributed by atoms with Crippen molar-refractivity contribution in [1.82, 2.24) is 5.43 Å². The first-order valence-corrected chi connectivity index (χ1v) is 6.44. The second-order valence-electron chi connectivity index (χ2n) is 4.79. The van der Waals surface area contributed by atoms with Gasteiger partial charge in [-0.05, 0) is 38.0 Å². The highest BCUT2D eigenvalue weighted by molar-refractivity contribution is 5.13. The Bertz CT molecular complexity index is 199. The van der Waals surface area contributed by atoms with Gasteiger partial charge >= 0.3 is 0 Å². The van der Waals surface area contributed by atoms with E-state index in [0.29, 0.717) is 12.0 Å². The van der Waals surface area contributed by atoms with E-state index in [-0.39, 0.29) is 0 Å². The van der Waals surface area contributed by atoms with Crippen LogP contribution >= 0.6 is 0 Å². The normalized spacial score (nSPS) is 21.7. The molecule has 0 aliphatic heterocycles. The highest BCUT2D eigenvalue weighted by Gasteiger charge is 2.19. The summed E-state index contributed by atoms with van der Waals surface area (Å²) in [6.07, 6.45) is 11.5. The number of nitrogens with one attached hydrogen (secondary N) is 1. The Morgan fingerprint density at radius 3 is 2.87 bits per heavy atom. The summed E-state index contributed by atoms with van der Waals surface area (Å²) in [6.45, 7) is 4.55. The Morgan fingerprint density at radius 2 is 2.20 bits per heavy atom. The Kier molecular flexibility index (Phi) is 5.96. The molecule has 2 atom stereocenters. The van der Waals surface area contributed by atoms with Gasteiger partial charge in [0.15, 0.2) is 0 Å². The van der Waals surface area contributed by atoms with Crippen LogP contribution in [0.5, 0.6) is 0 Å². The third-order valence-electron chi connectivity index (χ3n) is 3.47. The number of hydrogen-bond acceptors (Lipinski definition) is 2. The zero-order valence-electron chi connectivity index (χ0n) is 10.3. The molecule has 0 fully saturated rings. The van der Waals surface area contributed by atoms with Gasteiger partial charge in [-0.15, -0.1) is 0 Å². The first kappa shape index (κ1) is 12.7. The van der Waals surface area contributed by atoms with Crippen LogP contribution in [-0.2, 0) is 0 Å². The largest absolute Gasteiger partial charge is 0.271 e. The standard InChI is InChI=1S/C13H26N2/c1-3-8-11(2)13(15-14)12-9-6-4-5-7-10-12/h9,11,13,15H,3-8,10,14H2,1-2H3. The molecule has 1 aliphatic carbocycles. The lowest BCUT2D eigenvalue weighted by Crippen LogP contribution is -2.41. The summed E-state index contributed by atoms with van der Waals surface area (Å²) < 4.78 is 0. The van der Waals surface area contributed by atoms with Gasteiger partial charge in [0.05, 0.1) is 0 Å². The molecule has 0 heterocycles. The van der Waals surface area contributed by atoms with Crippen molar-refractivity contribution >= 4 is 0 Å². The summed E-state index contributed by atoms with van der Waals surface area (Å²) in [5.74, 6) is 6.35. The molecule has 3 N–H and O–H groups in total. The molecule has 0 aromatic carbocycles. The summed E-state index contributed by atoms with van der Waals surface area (Å²) >= 11 is 0. The minimum Gasteiger partial charge on any atom is -0.271 e. The molecule has 2 unspecified atom stereocenters. The lowest BCUT2D eigenvalue weighted by Gasteiger charge is -2.25. The highest BCUT2D eigenvalue weighted by Crippen LogP contribution is 2.25. The fraction of sp³-hybridized carbons (Fsp3) is 0.846. The fourth-order valence-corrected chi connectivity index (χ4v) is 2.58. The molecule has 0 radical (unpaired) electrons. The van der Waals surface area contributed by atoms with Crippen LogP contribution in [-0.4, -0.2) is 6.04 Å². The molecule has 0 aromatic heterocycles. The molecular formula is C13H26N2. The van der Waals surface area contributed by atoms with Crippen molar-refractivity contribution in [3.8, 4) is 0 Å². The van der Waals surface area contributed by atoms with Gasteiger partial charge in [0.2, 0.25) is 0 Å². The summed E-state index contributed by atoms with van der Waals surface area (Å²) in [6, 6.07) is 0.406. The summed E-state index contributed by atoms with van der Waals surface area (Å²) in [4.78, 5) is 0. The third-order valence-corrected chi connectivity index (χ3v) is 3.47. The van der Waals surface area contributed by atoms with E-state index >= 15 is 0 Å². The first-order valence-electron chi connectivity index (χ1n) is 6.44. The van der Waals surface area contributed by atoms with Gasteiger partial charge in [0, 0.05) is 6.04 Å². The van der Waals surface area contributed by atoms with Crippen molar-refractivity contribution in [2.45, 2.75) is 64.8 Å². The molecule has 88 valence electrons. The van der Waals surface area contributed by atoms with Gasteiger partial charge in [-0.1, -0.05) is 38.3 Å². The van der Waals surface area contributed by atoms with E-state index in [2.05, 4.69) is 25.3 Å². The molecule has 0 saturated heterocycles. The quantitative estimate of drug-likeness (QED) is 0.415. The summed E-state index contributed by atoms with van der Waals surface area (Å²) in [7, 11) is 0. The van der Waals surface area contributed by atoms with Crippen LogP contribution in [0, 0.1) is 5.92 Å². The van der Waals surface area contributed by atoms with E-state index in [1.165, 1.54) is 44.9 Å². The van der Waals surface area contributed by atoms with Gasteiger partial charge in [-0.25, -0.2) is 0 Å². The predicted octanol–water partition coefficient (Wildman–Crippen LogP) is 3.15. The lowest BCUT2D eigenvalue weighted by molar-refractivity contribution is 0.390. The van der Waals surface area contributed by atoms with Gasteiger partial charge in [0.25, 0.3) is 0 Å². The maximum Gasteiger partial charge on any atom is 0.0445 e. The van der Waals surface area contributed by atoms with Gasteiger partial charge in [-0.3, -0.25) is 11.3 Å². The Labute approximate surface area is 94.3 Å². The van der Waals surface area contributed by atoms with Crippen LogP contribution in [0.15, 0.2) is 11.6 Å². The van der Waals surface area contributed by atoms with Crippen molar-refractivity contribution in [3.63, 3.8) is 0 Å². The predicted molar refractivity (Wildman–Crippen MR) is 66.4 cm³/mol. The summed E-state index contributed by atoms with van der Waals surface area (Å²) in [5.41, 5.74) is 4.57. The van der Waals surface area contributed by atoms with Gasteiger partial charge in [0.1, 0.15) is 0 Å². The number of nitrogens with two attached hydrogens (primary N) is 1. The SMILES string of the molecule is CCCC(C)C(NN)C1=CCCCCC1.